The molecule has 15 heavy (non-hydrogen) atoms. The van der Waals surface area contributed by atoms with Gasteiger partial charge in [-0.2, -0.15) is 0 Å². The van der Waals surface area contributed by atoms with E-state index in [1.165, 1.54) is 25.7 Å². The maximum Gasteiger partial charge on any atom is 0.226 e. The van der Waals surface area contributed by atoms with Gasteiger partial charge in [0.15, 0.2) is 0 Å². The molecule has 0 fully saturated rings. The van der Waals surface area contributed by atoms with Gasteiger partial charge in [-0.1, -0.05) is 46.1 Å². The van der Waals surface area contributed by atoms with E-state index in [0.717, 1.165) is 19.4 Å². The van der Waals surface area contributed by atoms with E-state index in [2.05, 4.69) is 20.4 Å². The van der Waals surface area contributed by atoms with Gasteiger partial charge in [-0.05, 0) is 19.0 Å². The van der Waals surface area contributed by atoms with Gasteiger partial charge in [0.1, 0.15) is 0 Å². The molecule has 0 aliphatic carbocycles. The van der Waals surface area contributed by atoms with Crippen LogP contribution in [0.15, 0.2) is 12.8 Å². The summed E-state index contributed by atoms with van der Waals surface area (Å²) in [5, 5.41) is 0. The van der Waals surface area contributed by atoms with Gasteiger partial charge in [0.05, 0.1) is 0 Å². The summed E-state index contributed by atoms with van der Waals surface area (Å²) in [6, 6.07) is 0. The first-order chi connectivity index (χ1) is 7.26. The summed E-state index contributed by atoms with van der Waals surface area (Å²) in [6.45, 7) is 8.74. The highest BCUT2D eigenvalue weighted by Gasteiger charge is 2.07. The standard InChI is InChI=1S/C13H25NO/c1-4-7-8-9-10-11-13(15)14(6-3)12-5-2/h6H,3-5,7-12H2,1-2H3. The van der Waals surface area contributed by atoms with E-state index in [1.807, 2.05) is 0 Å². The molecule has 0 rings (SSSR count). The summed E-state index contributed by atoms with van der Waals surface area (Å²) < 4.78 is 0. The highest BCUT2D eigenvalue weighted by molar-refractivity contribution is 5.77. The lowest BCUT2D eigenvalue weighted by atomic mass is 10.1. The molecule has 2 heteroatoms. The molecule has 0 atom stereocenters. The van der Waals surface area contributed by atoms with Crippen molar-refractivity contribution in [2.75, 3.05) is 6.54 Å². The molecule has 0 unspecified atom stereocenters. The van der Waals surface area contributed by atoms with Crippen molar-refractivity contribution >= 4 is 5.91 Å². The Kier molecular flexibility index (Phi) is 9.24. The maximum absolute atomic E-state index is 11.7. The Hall–Kier alpha value is -0.790. The third-order valence-corrected chi connectivity index (χ3v) is 2.50. The minimum Gasteiger partial charge on any atom is -0.320 e. The van der Waals surface area contributed by atoms with Crippen LogP contribution in [-0.2, 0) is 4.79 Å². The highest BCUT2D eigenvalue weighted by atomic mass is 16.2. The van der Waals surface area contributed by atoms with E-state index in [0.29, 0.717) is 6.42 Å². The van der Waals surface area contributed by atoms with E-state index < -0.39 is 0 Å². The van der Waals surface area contributed by atoms with Gasteiger partial charge < -0.3 is 4.90 Å². The van der Waals surface area contributed by atoms with Crippen molar-refractivity contribution < 1.29 is 4.79 Å². The molecule has 2 nitrogen and oxygen atoms in total. The maximum atomic E-state index is 11.7. The van der Waals surface area contributed by atoms with Gasteiger partial charge in [-0.25, -0.2) is 0 Å². The summed E-state index contributed by atoms with van der Waals surface area (Å²) in [6.07, 6.45) is 9.31. The zero-order valence-electron chi connectivity index (χ0n) is 10.3. The van der Waals surface area contributed by atoms with Crippen molar-refractivity contribution in [3.8, 4) is 0 Å². The molecule has 0 saturated carbocycles. The average Bonchev–Trinajstić information content (AvgIpc) is 2.25. The second kappa shape index (κ2) is 9.75. The number of hydrogen-bond acceptors (Lipinski definition) is 1. The fourth-order valence-corrected chi connectivity index (χ4v) is 1.58. The third kappa shape index (κ3) is 7.18. The number of rotatable bonds is 9. The molecule has 0 aromatic carbocycles. The van der Waals surface area contributed by atoms with Crippen molar-refractivity contribution in [1.82, 2.24) is 4.90 Å². The van der Waals surface area contributed by atoms with Crippen LogP contribution in [-0.4, -0.2) is 17.4 Å². The smallest absolute Gasteiger partial charge is 0.226 e. The lowest BCUT2D eigenvalue weighted by molar-refractivity contribution is -0.128. The lowest BCUT2D eigenvalue weighted by Gasteiger charge is -2.16. The fourth-order valence-electron chi connectivity index (χ4n) is 1.58. The Morgan fingerprint density at radius 1 is 1.13 bits per heavy atom. The van der Waals surface area contributed by atoms with E-state index in [1.54, 1.807) is 11.1 Å². The Labute approximate surface area is 94.4 Å². The molecule has 0 radical (unpaired) electrons. The zero-order chi connectivity index (χ0) is 11.5. The quantitative estimate of drug-likeness (QED) is 0.532. The van der Waals surface area contributed by atoms with Crippen LogP contribution in [0.5, 0.6) is 0 Å². The normalized spacial score (nSPS) is 10.0. The Morgan fingerprint density at radius 3 is 2.33 bits per heavy atom. The van der Waals surface area contributed by atoms with Gasteiger partial charge >= 0.3 is 0 Å². The van der Waals surface area contributed by atoms with E-state index in [9.17, 15) is 4.79 Å². The molecule has 0 heterocycles. The first-order valence-corrected chi connectivity index (χ1v) is 6.18. The zero-order valence-corrected chi connectivity index (χ0v) is 10.3. The Balaban J connectivity index is 3.57. The van der Waals surface area contributed by atoms with Crippen molar-refractivity contribution in [2.24, 2.45) is 0 Å². The molecule has 0 spiro atoms. The van der Waals surface area contributed by atoms with Crippen molar-refractivity contribution in [3.63, 3.8) is 0 Å². The highest BCUT2D eigenvalue weighted by Crippen LogP contribution is 2.07. The Bertz CT molecular complexity index is 177. The van der Waals surface area contributed by atoms with E-state index in [-0.39, 0.29) is 5.91 Å². The van der Waals surface area contributed by atoms with Crippen LogP contribution >= 0.6 is 0 Å². The van der Waals surface area contributed by atoms with Gasteiger partial charge in [0.25, 0.3) is 0 Å². The van der Waals surface area contributed by atoms with Crippen LogP contribution in [0.1, 0.15) is 58.8 Å². The lowest BCUT2D eigenvalue weighted by Crippen LogP contribution is -2.25. The van der Waals surface area contributed by atoms with Gasteiger partial charge in [0.2, 0.25) is 5.91 Å². The van der Waals surface area contributed by atoms with Crippen molar-refractivity contribution in [2.45, 2.75) is 58.8 Å². The number of nitrogens with zero attached hydrogens (tertiary/aromatic N) is 1. The molecule has 0 aliphatic heterocycles. The second-order valence-corrected chi connectivity index (χ2v) is 3.93. The predicted octanol–water partition coefficient (Wildman–Crippen LogP) is 3.73. The average molecular weight is 211 g/mol. The summed E-state index contributed by atoms with van der Waals surface area (Å²) in [4.78, 5) is 13.4. The molecule has 1 amide bonds. The molecule has 88 valence electrons. The van der Waals surface area contributed by atoms with Crippen LogP contribution in [0.3, 0.4) is 0 Å². The van der Waals surface area contributed by atoms with Crippen LogP contribution in [0.25, 0.3) is 0 Å². The summed E-state index contributed by atoms with van der Waals surface area (Å²) in [5.41, 5.74) is 0. The molecule has 0 aliphatic rings. The number of carbonyl (C=O) groups is 1. The Morgan fingerprint density at radius 2 is 1.80 bits per heavy atom. The number of amides is 1. The van der Waals surface area contributed by atoms with Crippen LogP contribution in [0.4, 0.5) is 0 Å². The number of carbonyl (C=O) groups excluding carboxylic acids is 1. The van der Waals surface area contributed by atoms with Crippen molar-refractivity contribution in [3.05, 3.63) is 12.8 Å². The fraction of sp³-hybridized carbons (Fsp3) is 0.769. The molecular weight excluding hydrogens is 186 g/mol. The molecular formula is C13H25NO. The largest absolute Gasteiger partial charge is 0.320 e. The molecule has 0 aromatic heterocycles. The molecule has 0 N–H and O–H groups in total. The SMILES string of the molecule is C=CN(CCC)C(=O)CCCCCCC. The number of hydrogen-bond donors (Lipinski definition) is 0. The van der Waals surface area contributed by atoms with E-state index >= 15 is 0 Å². The second-order valence-electron chi connectivity index (χ2n) is 3.93. The third-order valence-electron chi connectivity index (χ3n) is 2.50. The van der Waals surface area contributed by atoms with Gasteiger partial charge in [-0.3, -0.25) is 4.79 Å². The van der Waals surface area contributed by atoms with Crippen LogP contribution in [0, 0.1) is 0 Å². The minimum absolute atomic E-state index is 0.225. The van der Waals surface area contributed by atoms with Gasteiger partial charge in [-0.15, -0.1) is 0 Å². The topological polar surface area (TPSA) is 20.3 Å². The predicted molar refractivity (Wildman–Crippen MR) is 65.6 cm³/mol. The molecule has 0 saturated heterocycles. The molecule has 0 bridgehead atoms. The molecule has 0 aromatic rings. The van der Waals surface area contributed by atoms with Crippen LogP contribution in [0.2, 0.25) is 0 Å². The first kappa shape index (κ1) is 14.2. The summed E-state index contributed by atoms with van der Waals surface area (Å²) in [7, 11) is 0. The van der Waals surface area contributed by atoms with Crippen molar-refractivity contribution in [1.29, 1.82) is 0 Å². The monoisotopic (exact) mass is 211 g/mol. The van der Waals surface area contributed by atoms with Gasteiger partial charge in [0, 0.05) is 13.0 Å². The summed E-state index contributed by atoms with van der Waals surface area (Å²) >= 11 is 0. The summed E-state index contributed by atoms with van der Waals surface area (Å²) in [5.74, 6) is 0.225. The van der Waals surface area contributed by atoms with E-state index in [4.69, 9.17) is 0 Å². The minimum atomic E-state index is 0.225. The number of unbranched alkanes of at least 4 members (excludes halogenated alkanes) is 4. The first-order valence-electron chi connectivity index (χ1n) is 6.18. The van der Waals surface area contributed by atoms with Crippen LogP contribution < -0.4 is 0 Å².